The van der Waals surface area contributed by atoms with E-state index in [4.69, 9.17) is 15.2 Å². The van der Waals surface area contributed by atoms with Gasteiger partial charge in [-0.15, -0.1) is 0 Å². The molecule has 1 fully saturated rings. The maximum absolute atomic E-state index is 6.29. The monoisotopic (exact) mass is 295 g/mol. The Balaban J connectivity index is 2.22. The second-order valence-corrected chi connectivity index (χ2v) is 6.46. The Morgan fingerprint density at radius 1 is 1.45 bits per heavy atom. The van der Waals surface area contributed by atoms with E-state index in [0.717, 1.165) is 30.1 Å². The highest BCUT2D eigenvalue weighted by Gasteiger charge is 2.21. The van der Waals surface area contributed by atoms with E-state index in [1.54, 1.807) is 7.11 Å². The highest BCUT2D eigenvalue weighted by atomic mass is 32.2. The summed E-state index contributed by atoms with van der Waals surface area (Å²) >= 11 is 1.97. The van der Waals surface area contributed by atoms with Crippen LogP contribution in [0.15, 0.2) is 18.2 Å². The Morgan fingerprint density at radius 2 is 2.30 bits per heavy atom. The molecule has 3 nitrogen and oxygen atoms in total. The molecule has 1 aromatic carbocycles. The molecule has 2 unspecified atom stereocenters. The molecule has 4 heteroatoms. The second-order valence-electron chi connectivity index (χ2n) is 5.31. The van der Waals surface area contributed by atoms with Crippen LogP contribution < -0.4 is 15.2 Å². The topological polar surface area (TPSA) is 44.5 Å². The number of ether oxygens (including phenoxy) is 2. The molecule has 20 heavy (non-hydrogen) atoms. The van der Waals surface area contributed by atoms with Crippen LogP contribution in [0.25, 0.3) is 0 Å². The normalized spacial score (nSPS) is 20.4. The molecular weight excluding hydrogens is 270 g/mol. The van der Waals surface area contributed by atoms with Crippen molar-refractivity contribution in [3.05, 3.63) is 23.8 Å². The highest BCUT2D eigenvalue weighted by Crippen LogP contribution is 2.38. The number of nitrogens with two attached hydrogens (primary N) is 1. The van der Waals surface area contributed by atoms with Crippen LogP contribution in [-0.2, 0) is 0 Å². The number of thioether (sulfide) groups is 1. The van der Waals surface area contributed by atoms with Crippen LogP contribution >= 0.6 is 11.8 Å². The minimum absolute atomic E-state index is 0.300. The Labute approximate surface area is 126 Å². The number of rotatable bonds is 6. The van der Waals surface area contributed by atoms with E-state index in [0.29, 0.717) is 18.6 Å². The van der Waals surface area contributed by atoms with Crippen molar-refractivity contribution in [1.29, 1.82) is 0 Å². The zero-order chi connectivity index (χ0) is 14.4. The summed E-state index contributed by atoms with van der Waals surface area (Å²) in [5, 5.41) is 0. The van der Waals surface area contributed by atoms with Crippen LogP contribution in [0.3, 0.4) is 0 Å². The third-order valence-corrected chi connectivity index (χ3v) is 4.95. The van der Waals surface area contributed by atoms with Crippen LogP contribution in [0, 0.1) is 0 Å². The molecule has 1 heterocycles. The van der Waals surface area contributed by atoms with Crippen molar-refractivity contribution in [3.8, 4) is 11.5 Å². The van der Waals surface area contributed by atoms with E-state index in [1.807, 2.05) is 23.9 Å². The number of hydrogen-bond acceptors (Lipinski definition) is 4. The van der Waals surface area contributed by atoms with Gasteiger partial charge in [-0.3, -0.25) is 0 Å². The fourth-order valence-electron chi connectivity index (χ4n) is 2.58. The number of para-hydroxylation sites is 1. The van der Waals surface area contributed by atoms with Gasteiger partial charge in [-0.25, -0.2) is 0 Å². The third-order valence-electron chi connectivity index (χ3n) is 3.76. The zero-order valence-corrected chi connectivity index (χ0v) is 13.2. The predicted molar refractivity (Wildman–Crippen MR) is 86.1 cm³/mol. The molecule has 1 aliphatic heterocycles. The molecule has 1 aliphatic rings. The zero-order valence-electron chi connectivity index (χ0n) is 12.4. The first-order chi connectivity index (χ1) is 9.76. The quantitative estimate of drug-likeness (QED) is 0.873. The first-order valence-electron chi connectivity index (χ1n) is 7.37. The Bertz CT molecular complexity index is 419. The molecule has 2 atom stereocenters. The van der Waals surface area contributed by atoms with Crippen molar-refractivity contribution in [2.45, 2.75) is 38.2 Å². The Kier molecular flexibility index (Phi) is 6.05. The summed E-state index contributed by atoms with van der Waals surface area (Å²) in [6.07, 6.45) is 3.63. The lowest BCUT2D eigenvalue weighted by atomic mass is 9.96. The maximum Gasteiger partial charge on any atom is 0.165 e. The summed E-state index contributed by atoms with van der Waals surface area (Å²) in [5.74, 6) is 4.47. The molecule has 0 amide bonds. The minimum atomic E-state index is 0.300. The predicted octanol–water partition coefficient (Wildman–Crippen LogP) is 3.42. The first-order valence-corrected chi connectivity index (χ1v) is 8.53. The van der Waals surface area contributed by atoms with Gasteiger partial charge in [-0.1, -0.05) is 19.1 Å². The molecule has 0 aromatic heterocycles. The molecule has 0 aliphatic carbocycles. The largest absolute Gasteiger partial charge is 0.493 e. The SMILES string of the molecule is COc1cccc(C(C)CCN)c1OC1CCCSC1. The average Bonchev–Trinajstić information content (AvgIpc) is 2.48. The Morgan fingerprint density at radius 3 is 2.95 bits per heavy atom. The maximum atomic E-state index is 6.29. The van der Waals surface area contributed by atoms with E-state index >= 15 is 0 Å². The fourth-order valence-corrected chi connectivity index (χ4v) is 3.62. The van der Waals surface area contributed by atoms with Crippen molar-refractivity contribution in [2.75, 3.05) is 25.2 Å². The van der Waals surface area contributed by atoms with Gasteiger partial charge < -0.3 is 15.2 Å². The van der Waals surface area contributed by atoms with Gasteiger partial charge in [-0.2, -0.15) is 11.8 Å². The number of methoxy groups -OCH3 is 1. The van der Waals surface area contributed by atoms with E-state index in [9.17, 15) is 0 Å². The lowest BCUT2D eigenvalue weighted by molar-refractivity contribution is 0.199. The first kappa shape index (κ1) is 15.5. The van der Waals surface area contributed by atoms with Crippen molar-refractivity contribution >= 4 is 11.8 Å². The van der Waals surface area contributed by atoms with Crippen molar-refractivity contribution in [3.63, 3.8) is 0 Å². The molecule has 1 saturated heterocycles. The van der Waals surface area contributed by atoms with Crippen molar-refractivity contribution in [1.82, 2.24) is 0 Å². The molecule has 112 valence electrons. The van der Waals surface area contributed by atoms with Gasteiger partial charge in [0.05, 0.1) is 7.11 Å². The summed E-state index contributed by atoms with van der Waals surface area (Å²) in [4.78, 5) is 0. The molecule has 0 bridgehead atoms. The van der Waals surface area contributed by atoms with Crippen molar-refractivity contribution in [2.24, 2.45) is 5.73 Å². The fraction of sp³-hybridized carbons (Fsp3) is 0.625. The van der Waals surface area contributed by atoms with Crippen LogP contribution in [0.5, 0.6) is 11.5 Å². The Hall–Kier alpha value is -0.870. The van der Waals surface area contributed by atoms with Crippen LogP contribution in [0.4, 0.5) is 0 Å². The lowest BCUT2D eigenvalue weighted by Gasteiger charge is -2.26. The minimum Gasteiger partial charge on any atom is -0.493 e. The standard InChI is InChI=1S/C16H25NO2S/c1-12(8-9-17)14-6-3-7-15(18-2)16(14)19-13-5-4-10-20-11-13/h3,6-7,12-13H,4-5,8-11,17H2,1-2H3. The van der Waals surface area contributed by atoms with Gasteiger partial charge in [0.1, 0.15) is 6.10 Å². The molecule has 0 saturated carbocycles. The average molecular weight is 295 g/mol. The number of benzene rings is 1. The van der Waals surface area contributed by atoms with E-state index < -0.39 is 0 Å². The summed E-state index contributed by atoms with van der Waals surface area (Å²) in [6.45, 7) is 2.89. The van der Waals surface area contributed by atoms with Crippen LogP contribution in [0.2, 0.25) is 0 Å². The van der Waals surface area contributed by atoms with Crippen molar-refractivity contribution < 1.29 is 9.47 Å². The number of hydrogen-bond donors (Lipinski definition) is 1. The molecule has 2 rings (SSSR count). The molecule has 0 radical (unpaired) electrons. The molecular formula is C16H25NO2S. The van der Waals surface area contributed by atoms with Gasteiger partial charge in [0.2, 0.25) is 0 Å². The lowest BCUT2D eigenvalue weighted by Crippen LogP contribution is -2.24. The summed E-state index contributed by atoms with van der Waals surface area (Å²) in [6, 6.07) is 6.14. The third kappa shape index (κ3) is 3.83. The summed E-state index contributed by atoms with van der Waals surface area (Å²) in [5.41, 5.74) is 6.91. The van der Waals surface area contributed by atoms with E-state index in [1.165, 1.54) is 17.7 Å². The van der Waals surface area contributed by atoms with Gasteiger partial charge in [0.25, 0.3) is 0 Å². The van der Waals surface area contributed by atoms with Gasteiger partial charge in [0, 0.05) is 11.3 Å². The molecule has 2 N–H and O–H groups in total. The smallest absolute Gasteiger partial charge is 0.165 e. The summed E-state index contributed by atoms with van der Waals surface area (Å²) < 4.78 is 11.8. The van der Waals surface area contributed by atoms with Crippen LogP contribution in [0.1, 0.15) is 37.7 Å². The highest BCUT2D eigenvalue weighted by molar-refractivity contribution is 7.99. The molecule has 0 spiro atoms. The summed E-state index contributed by atoms with van der Waals surface area (Å²) in [7, 11) is 1.70. The second kappa shape index (κ2) is 7.79. The van der Waals surface area contributed by atoms with Crippen LogP contribution in [-0.4, -0.2) is 31.3 Å². The molecule has 1 aromatic rings. The van der Waals surface area contributed by atoms with E-state index in [-0.39, 0.29) is 0 Å². The van der Waals surface area contributed by atoms with E-state index in [2.05, 4.69) is 13.0 Å². The van der Waals surface area contributed by atoms with Gasteiger partial charge in [0.15, 0.2) is 11.5 Å². The van der Waals surface area contributed by atoms with Gasteiger partial charge >= 0.3 is 0 Å². The van der Waals surface area contributed by atoms with Gasteiger partial charge in [-0.05, 0) is 43.5 Å².